The van der Waals surface area contributed by atoms with Crippen LogP contribution in [0.25, 0.3) is 0 Å². The first-order chi connectivity index (χ1) is 12.7. The summed E-state index contributed by atoms with van der Waals surface area (Å²) in [5, 5.41) is 2.62. The zero-order valence-electron chi connectivity index (χ0n) is 15.6. The fourth-order valence-corrected chi connectivity index (χ4v) is 3.73. The molecule has 1 aromatic rings. The fraction of sp³-hybridized carbons (Fsp3) is 0.526. The number of rotatable bonds is 4. The molecule has 3 rings (SSSR count). The summed E-state index contributed by atoms with van der Waals surface area (Å²) in [6.07, 6.45) is 1.63. The van der Waals surface area contributed by atoms with Gasteiger partial charge in [0, 0.05) is 19.1 Å². The Hall–Kier alpha value is -2.48. The van der Waals surface area contributed by atoms with Crippen molar-refractivity contribution >= 4 is 17.8 Å². The van der Waals surface area contributed by atoms with Crippen LogP contribution >= 0.6 is 0 Å². The van der Waals surface area contributed by atoms with Crippen molar-refractivity contribution in [3.05, 3.63) is 35.6 Å². The van der Waals surface area contributed by atoms with Crippen LogP contribution in [0.4, 0.5) is 9.18 Å². The fourth-order valence-electron chi connectivity index (χ4n) is 3.73. The zero-order valence-corrected chi connectivity index (χ0v) is 15.6. The highest BCUT2D eigenvalue weighted by Crippen LogP contribution is 2.29. The van der Waals surface area contributed by atoms with Crippen LogP contribution in [0.3, 0.4) is 0 Å². The van der Waals surface area contributed by atoms with E-state index in [0.717, 1.165) is 17.7 Å². The van der Waals surface area contributed by atoms with Crippen molar-refractivity contribution in [2.24, 2.45) is 11.7 Å². The molecule has 2 saturated heterocycles. The molecule has 2 fully saturated rings. The number of piperidine rings is 1. The normalized spacial score (nSPS) is 24.9. The Balaban J connectivity index is 1.67. The van der Waals surface area contributed by atoms with Crippen molar-refractivity contribution in [3.8, 4) is 0 Å². The number of carbonyl (C=O) groups excluding carboxylic acids is 3. The van der Waals surface area contributed by atoms with Crippen molar-refractivity contribution in [1.82, 2.24) is 15.1 Å². The largest absolute Gasteiger partial charge is 0.341 e. The maximum Gasteiger partial charge on any atom is 0.325 e. The van der Waals surface area contributed by atoms with Gasteiger partial charge in [0.05, 0.1) is 0 Å². The number of benzene rings is 1. The van der Waals surface area contributed by atoms with Crippen LogP contribution in [0, 0.1) is 11.7 Å². The van der Waals surface area contributed by atoms with Crippen LogP contribution in [0.2, 0.25) is 0 Å². The number of amides is 4. The van der Waals surface area contributed by atoms with E-state index in [4.69, 9.17) is 5.73 Å². The molecule has 7 nitrogen and oxygen atoms in total. The first kappa shape index (κ1) is 19.3. The molecule has 27 heavy (non-hydrogen) atoms. The van der Waals surface area contributed by atoms with Gasteiger partial charge in [-0.25, -0.2) is 9.18 Å². The quantitative estimate of drug-likeness (QED) is 0.772. The highest BCUT2D eigenvalue weighted by Gasteiger charge is 2.49. The van der Waals surface area contributed by atoms with Crippen LogP contribution < -0.4 is 11.1 Å². The molecule has 2 unspecified atom stereocenters. The minimum absolute atomic E-state index is 0.0876. The first-order valence-electron chi connectivity index (χ1n) is 9.16. The molecule has 2 heterocycles. The van der Waals surface area contributed by atoms with E-state index in [-0.39, 0.29) is 18.5 Å². The van der Waals surface area contributed by atoms with E-state index in [0.29, 0.717) is 24.6 Å². The number of urea groups is 1. The van der Waals surface area contributed by atoms with Crippen molar-refractivity contribution in [3.63, 3.8) is 0 Å². The van der Waals surface area contributed by atoms with Crippen molar-refractivity contribution in [2.75, 3.05) is 19.6 Å². The summed E-state index contributed by atoms with van der Waals surface area (Å²) in [6, 6.07) is 4.84. The summed E-state index contributed by atoms with van der Waals surface area (Å²) in [5.74, 6) is -0.822. The monoisotopic (exact) mass is 376 g/mol. The van der Waals surface area contributed by atoms with Crippen molar-refractivity contribution in [2.45, 2.75) is 38.3 Å². The minimum Gasteiger partial charge on any atom is -0.341 e. The lowest BCUT2D eigenvalue weighted by molar-refractivity contribution is -0.139. The van der Waals surface area contributed by atoms with Gasteiger partial charge in [0.1, 0.15) is 17.9 Å². The van der Waals surface area contributed by atoms with Gasteiger partial charge in [-0.3, -0.25) is 14.5 Å². The van der Waals surface area contributed by atoms with E-state index >= 15 is 0 Å². The summed E-state index contributed by atoms with van der Waals surface area (Å²) < 4.78 is 13.2. The van der Waals surface area contributed by atoms with Crippen molar-refractivity contribution < 1.29 is 18.8 Å². The van der Waals surface area contributed by atoms with E-state index < -0.39 is 23.3 Å². The van der Waals surface area contributed by atoms with Gasteiger partial charge in [-0.2, -0.15) is 0 Å². The number of hydrogen-bond acceptors (Lipinski definition) is 4. The molecule has 2 aliphatic heterocycles. The third-order valence-electron chi connectivity index (χ3n) is 5.63. The van der Waals surface area contributed by atoms with Crippen LogP contribution in [-0.2, 0) is 15.1 Å². The average Bonchev–Trinajstić information content (AvgIpc) is 2.86. The number of nitrogens with two attached hydrogens (primary N) is 1. The van der Waals surface area contributed by atoms with Gasteiger partial charge in [-0.15, -0.1) is 0 Å². The Morgan fingerprint density at radius 3 is 2.44 bits per heavy atom. The van der Waals surface area contributed by atoms with Crippen molar-refractivity contribution in [1.29, 1.82) is 0 Å². The van der Waals surface area contributed by atoms with Crippen LogP contribution in [0.1, 0.15) is 32.3 Å². The number of nitrogens with one attached hydrogen (secondary N) is 1. The molecular weight excluding hydrogens is 351 g/mol. The lowest BCUT2D eigenvalue weighted by Crippen LogP contribution is -2.48. The SMILES string of the molecule is CC(N)C1CCN(C(=O)CN2C(=O)NC(C)(c3ccc(F)cc3)C2=O)CC1. The summed E-state index contributed by atoms with van der Waals surface area (Å²) in [4.78, 5) is 40.4. The van der Waals surface area contributed by atoms with E-state index in [1.165, 1.54) is 24.3 Å². The maximum atomic E-state index is 13.2. The van der Waals surface area contributed by atoms with Gasteiger partial charge < -0.3 is 16.0 Å². The lowest BCUT2D eigenvalue weighted by atomic mass is 9.91. The van der Waals surface area contributed by atoms with Crippen LogP contribution in [0.15, 0.2) is 24.3 Å². The number of likely N-dealkylation sites (tertiary alicyclic amines) is 1. The van der Waals surface area contributed by atoms with E-state index in [1.807, 2.05) is 6.92 Å². The summed E-state index contributed by atoms with van der Waals surface area (Å²) >= 11 is 0. The van der Waals surface area contributed by atoms with Gasteiger partial charge >= 0.3 is 6.03 Å². The van der Waals surface area contributed by atoms with Gasteiger partial charge in [0.15, 0.2) is 0 Å². The molecule has 0 spiro atoms. The molecule has 1 aromatic carbocycles. The molecule has 0 radical (unpaired) electrons. The van der Waals surface area contributed by atoms with Gasteiger partial charge in [0.25, 0.3) is 5.91 Å². The molecule has 2 atom stereocenters. The summed E-state index contributed by atoms with van der Waals surface area (Å²) in [7, 11) is 0. The Morgan fingerprint density at radius 1 is 1.30 bits per heavy atom. The van der Waals surface area contributed by atoms with E-state index in [9.17, 15) is 18.8 Å². The Bertz CT molecular complexity index is 744. The molecule has 0 bridgehead atoms. The van der Waals surface area contributed by atoms with Gasteiger partial charge in [0.2, 0.25) is 5.91 Å². The van der Waals surface area contributed by atoms with Crippen LogP contribution in [-0.4, -0.2) is 53.3 Å². The third kappa shape index (κ3) is 3.66. The Kier molecular flexibility index (Phi) is 5.19. The maximum absolute atomic E-state index is 13.2. The van der Waals surface area contributed by atoms with E-state index in [1.54, 1.807) is 11.8 Å². The number of carbonyl (C=O) groups is 3. The second kappa shape index (κ2) is 7.26. The van der Waals surface area contributed by atoms with Crippen LogP contribution in [0.5, 0.6) is 0 Å². The predicted molar refractivity (Wildman–Crippen MR) is 97.0 cm³/mol. The lowest BCUT2D eigenvalue weighted by Gasteiger charge is -2.34. The molecule has 0 aliphatic carbocycles. The molecule has 3 N–H and O–H groups in total. The second-order valence-electron chi connectivity index (χ2n) is 7.53. The second-order valence-corrected chi connectivity index (χ2v) is 7.53. The Morgan fingerprint density at radius 2 is 1.89 bits per heavy atom. The first-order valence-corrected chi connectivity index (χ1v) is 9.16. The number of nitrogens with zero attached hydrogens (tertiary/aromatic N) is 2. The number of halogens is 1. The summed E-state index contributed by atoms with van der Waals surface area (Å²) in [5.41, 5.74) is 5.07. The standard InChI is InChI=1S/C19H25FN4O3/c1-12(21)13-7-9-23(10-8-13)16(25)11-24-17(26)19(2,22-18(24)27)14-3-5-15(20)6-4-14/h3-6,12-13H,7-11,21H2,1-2H3,(H,22,27). The van der Waals surface area contributed by atoms with Gasteiger partial charge in [-0.05, 0) is 50.3 Å². The molecule has 8 heteroatoms. The van der Waals surface area contributed by atoms with Gasteiger partial charge in [-0.1, -0.05) is 12.1 Å². The zero-order chi connectivity index (χ0) is 19.8. The smallest absolute Gasteiger partial charge is 0.325 e. The number of hydrogen-bond donors (Lipinski definition) is 2. The topological polar surface area (TPSA) is 95.7 Å². The highest BCUT2D eigenvalue weighted by atomic mass is 19.1. The molecule has 4 amide bonds. The number of imide groups is 1. The molecule has 146 valence electrons. The predicted octanol–water partition coefficient (Wildman–Crippen LogP) is 1.18. The molecule has 0 saturated carbocycles. The molecular formula is C19H25FN4O3. The Labute approximate surface area is 157 Å². The minimum atomic E-state index is -1.31. The third-order valence-corrected chi connectivity index (χ3v) is 5.63. The average molecular weight is 376 g/mol. The molecule has 2 aliphatic rings. The summed E-state index contributed by atoms with van der Waals surface area (Å²) in [6.45, 7) is 4.36. The highest BCUT2D eigenvalue weighted by molar-refractivity contribution is 6.09. The molecule has 0 aromatic heterocycles. The van der Waals surface area contributed by atoms with E-state index in [2.05, 4.69) is 5.32 Å².